The highest BCUT2D eigenvalue weighted by Crippen LogP contribution is 2.27. The Balaban J connectivity index is 1.55. The molecule has 2 aromatic heterocycles. The maximum atomic E-state index is 13.0. The van der Waals surface area contributed by atoms with Crippen LogP contribution in [0.4, 0.5) is 5.82 Å². The molecule has 1 amide bonds. The summed E-state index contributed by atoms with van der Waals surface area (Å²) < 4.78 is 7.69. The third-order valence-corrected chi connectivity index (χ3v) is 5.83. The molecule has 1 N–H and O–H groups in total. The van der Waals surface area contributed by atoms with E-state index >= 15 is 0 Å². The molecule has 0 spiro atoms. The van der Waals surface area contributed by atoms with E-state index in [-0.39, 0.29) is 5.91 Å². The molecule has 0 atom stereocenters. The molecule has 1 saturated heterocycles. The normalized spacial score (nSPS) is 14.5. The van der Waals surface area contributed by atoms with Gasteiger partial charge in [0.1, 0.15) is 5.82 Å². The Kier molecular flexibility index (Phi) is 7.02. The van der Waals surface area contributed by atoms with Gasteiger partial charge >= 0.3 is 0 Å². The van der Waals surface area contributed by atoms with Gasteiger partial charge in [0.2, 0.25) is 0 Å². The Morgan fingerprint density at radius 2 is 1.90 bits per heavy atom. The third-order valence-electron chi connectivity index (χ3n) is 5.61. The van der Waals surface area contributed by atoms with Crippen LogP contribution < -0.4 is 5.32 Å². The summed E-state index contributed by atoms with van der Waals surface area (Å²) in [6.45, 7) is 7.45. The predicted octanol–water partition coefficient (Wildman–Crippen LogP) is 4.49. The van der Waals surface area contributed by atoms with E-state index in [0.29, 0.717) is 16.4 Å². The van der Waals surface area contributed by atoms with Gasteiger partial charge in [0.25, 0.3) is 5.91 Å². The number of nitrogens with zero attached hydrogens (tertiary/aromatic N) is 3. The minimum Gasteiger partial charge on any atom is -0.379 e. The second-order valence-electron chi connectivity index (χ2n) is 7.67. The van der Waals surface area contributed by atoms with Gasteiger partial charge in [-0.3, -0.25) is 9.69 Å². The van der Waals surface area contributed by atoms with Crippen LogP contribution in [0, 0.1) is 6.92 Å². The molecule has 0 bridgehead atoms. The lowest BCUT2D eigenvalue weighted by Crippen LogP contribution is -2.37. The lowest BCUT2D eigenvalue weighted by molar-refractivity contribution is 0.0369. The van der Waals surface area contributed by atoms with Crippen molar-refractivity contribution < 1.29 is 9.53 Å². The third kappa shape index (κ3) is 5.34. The molecular formula is C24H27ClN4O2. The van der Waals surface area contributed by atoms with Gasteiger partial charge in [0.15, 0.2) is 0 Å². The number of hydrogen-bond donors (Lipinski definition) is 1. The minimum absolute atomic E-state index is 0.170. The van der Waals surface area contributed by atoms with Crippen molar-refractivity contribution in [2.75, 3.05) is 38.2 Å². The molecule has 1 aliphatic heterocycles. The number of halogens is 1. The molecule has 6 nitrogen and oxygen atoms in total. The summed E-state index contributed by atoms with van der Waals surface area (Å²) in [5.41, 5.74) is 3.75. The number of benzene rings is 1. The molecule has 7 heteroatoms. The van der Waals surface area contributed by atoms with Crippen LogP contribution in [-0.2, 0) is 11.3 Å². The first-order valence-electron chi connectivity index (χ1n) is 10.6. The van der Waals surface area contributed by atoms with E-state index in [4.69, 9.17) is 16.3 Å². The molecule has 0 radical (unpaired) electrons. The number of anilines is 1. The van der Waals surface area contributed by atoms with Crippen LogP contribution in [0.15, 0.2) is 54.7 Å². The molecule has 0 aliphatic carbocycles. The molecule has 1 aromatic carbocycles. The zero-order valence-electron chi connectivity index (χ0n) is 17.7. The van der Waals surface area contributed by atoms with Crippen LogP contribution >= 0.6 is 11.6 Å². The number of hydrogen-bond acceptors (Lipinski definition) is 4. The fourth-order valence-corrected chi connectivity index (χ4v) is 4.03. The number of carbonyl (C=O) groups is 1. The van der Waals surface area contributed by atoms with Crippen LogP contribution in [0.3, 0.4) is 0 Å². The highest BCUT2D eigenvalue weighted by atomic mass is 35.5. The van der Waals surface area contributed by atoms with Gasteiger partial charge in [-0.15, -0.1) is 0 Å². The summed E-state index contributed by atoms with van der Waals surface area (Å²) in [4.78, 5) is 19.6. The highest BCUT2D eigenvalue weighted by molar-refractivity contribution is 6.30. The van der Waals surface area contributed by atoms with E-state index in [1.807, 2.05) is 31.2 Å². The molecule has 0 unspecified atom stereocenters. The zero-order valence-corrected chi connectivity index (χ0v) is 18.4. The lowest BCUT2D eigenvalue weighted by atomic mass is 10.1. The molecule has 3 aromatic rings. The molecule has 4 rings (SSSR count). The Morgan fingerprint density at radius 3 is 2.61 bits per heavy atom. The van der Waals surface area contributed by atoms with Crippen molar-refractivity contribution in [2.24, 2.45) is 0 Å². The summed E-state index contributed by atoms with van der Waals surface area (Å²) >= 11 is 5.90. The fraction of sp³-hybridized carbons (Fsp3) is 0.333. The molecule has 31 heavy (non-hydrogen) atoms. The van der Waals surface area contributed by atoms with Crippen molar-refractivity contribution >= 4 is 23.3 Å². The van der Waals surface area contributed by atoms with Crippen molar-refractivity contribution in [2.45, 2.75) is 19.9 Å². The summed E-state index contributed by atoms with van der Waals surface area (Å²) in [7, 11) is 0. The summed E-state index contributed by atoms with van der Waals surface area (Å²) in [6.07, 6.45) is 2.53. The second kappa shape index (κ2) is 10.1. The smallest absolute Gasteiger partial charge is 0.258 e. The van der Waals surface area contributed by atoms with E-state index in [0.717, 1.165) is 62.8 Å². The fourth-order valence-electron chi connectivity index (χ4n) is 3.92. The van der Waals surface area contributed by atoms with E-state index in [1.54, 1.807) is 12.1 Å². The SMILES string of the molecule is Cc1c(C(=O)Nc2ccc(Cl)cn2)cc(-c2ccccc2)n1CCCN1CCOCC1. The average Bonchev–Trinajstić information content (AvgIpc) is 3.13. The number of ether oxygens (including phenoxy) is 1. The average molecular weight is 439 g/mol. The number of amides is 1. The van der Waals surface area contributed by atoms with Gasteiger partial charge in [-0.25, -0.2) is 4.98 Å². The molecule has 1 fully saturated rings. The predicted molar refractivity (Wildman–Crippen MR) is 124 cm³/mol. The zero-order chi connectivity index (χ0) is 21.6. The summed E-state index contributed by atoms with van der Waals surface area (Å²) in [5, 5.41) is 3.42. The van der Waals surface area contributed by atoms with Gasteiger partial charge in [-0.1, -0.05) is 41.9 Å². The van der Waals surface area contributed by atoms with Gasteiger partial charge in [0, 0.05) is 43.8 Å². The van der Waals surface area contributed by atoms with Crippen LogP contribution in [0.1, 0.15) is 22.5 Å². The van der Waals surface area contributed by atoms with Crippen LogP contribution in [-0.4, -0.2) is 53.2 Å². The van der Waals surface area contributed by atoms with Crippen LogP contribution in [0.25, 0.3) is 11.3 Å². The summed E-state index contributed by atoms with van der Waals surface area (Å²) in [5.74, 6) is 0.312. The van der Waals surface area contributed by atoms with Crippen LogP contribution in [0.5, 0.6) is 0 Å². The Morgan fingerprint density at radius 1 is 1.13 bits per heavy atom. The van der Waals surface area contributed by atoms with Crippen molar-refractivity contribution in [1.82, 2.24) is 14.5 Å². The van der Waals surface area contributed by atoms with E-state index in [2.05, 4.69) is 31.9 Å². The van der Waals surface area contributed by atoms with E-state index in [9.17, 15) is 4.79 Å². The number of nitrogens with one attached hydrogen (secondary N) is 1. The molecule has 0 saturated carbocycles. The topological polar surface area (TPSA) is 59.4 Å². The minimum atomic E-state index is -0.170. The largest absolute Gasteiger partial charge is 0.379 e. The van der Waals surface area contributed by atoms with Crippen molar-refractivity contribution in [1.29, 1.82) is 0 Å². The van der Waals surface area contributed by atoms with Crippen LogP contribution in [0.2, 0.25) is 5.02 Å². The Hall–Kier alpha value is -2.67. The Labute approximate surface area is 187 Å². The van der Waals surface area contributed by atoms with Gasteiger partial charge in [-0.2, -0.15) is 0 Å². The number of rotatable bonds is 7. The monoisotopic (exact) mass is 438 g/mol. The van der Waals surface area contributed by atoms with Crippen molar-refractivity contribution in [3.8, 4) is 11.3 Å². The van der Waals surface area contributed by atoms with Gasteiger partial charge < -0.3 is 14.6 Å². The number of pyridine rings is 1. The Bertz CT molecular complexity index is 1010. The summed E-state index contributed by atoms with van der Waals surface area (Å²) in [6, 6.07) is 15.6. The molecule has 1 aliphatic rings. The number of aromatic nitrogens is 2. The van der Waals surface area contributed by atoms with Crippen molar-refractivity contribution in [3.63, 3.8) is 0 Å². The first-order valence-corrected chi connectivity index (χ1v) is 11.0. The van der Waals surface area contributed by atoms with Gasteiger partial charge in [0.05, 0.1) is 23.8 Å². The highest BCUT2D eigenvalue weighted by Gasteiger charge is 2.19. The number of morpholine rings is 1. The quantitative estimate of drug-likeness (QED) is 0.590. The van der Waals surface area contributed by atoms with Crippen molar-refractivity contribution in [3.05, 3.63) is 71.0 Å². The molecular weight excluding hydrogens is 412 g/mol. The number of carbonyl (C=O) groups excluding carboxylic acids is 1. The first kappa shape index (κ1) is 21.6. The molecule has 3 heterocycles. The first-order chi connectivity index (χ1) is 15.1. The van der Waals surface area contributed by atoms with Gasteiger partial charge in [-0.05, 0) is 37.1 Å². The van der Waals surface area contributed by atoms with E-state index in [1.165, 1.54) is 6.20 Å². The maximum Gasteiger partial charge on any atom is 0.258 e. The standard InChI is InChI=1S/C24H27ClN4O2/c1-18-21(24(30)27-23-9-8-20(25)17-26-23)16-22(19-6-3-2-4-7-19)29(18)11-5-10-28-12-14-31-15-13-28/h2-4,6-9,16-17H,5,10-15H2,1H3,(H,26,27,30). The lowest BCUT2D eigenvalue weighted by Gasteiger charge is -2.26. The molecule has 162 valence electrons. The van der Waals surface area contributed by atoms with E-state index < -0.39 is 0 Å². The maximum absolute atomic E-state index is 13.0. The second-order valence-corrected chi connectivity index (χ2v) is 8.11.